The number of para-hydroxylation sites is 3. The van der Waals surface area contributed by atoms with Crippen molar-refractivity contribution in [1.82, 2.24) is 39.2 Å². The second-order valence-corrected chi connectivity index (χ2v) is 31.6. The van der Waals surface area contributed by atoms with Gasteiger partial charge in [-0.2, -0.15) is 0 Å². The van der Waals surface area contributed by atoms with Crippen molar-refractivity contribution in [2.45, 2.75) is 167 Å². The first-order valence-electron chi connectivity index (χ1n) is 40.4. The average Bonchev–Trinajstić information content (AvgIpc) is 1.57. The van der Waals surface area contributed by atoms with Crippen LogP contribution in [0.5, 0.6) is 11.5 Å². The molecule has 2 aliphatic carbocycles. The summed E-state index contributed by atoms with van der Waals surface area (Å²) >= 11 is 1.83. The number of rotatable bonds is 10. The van der Waals surface area contributed by atoms with Crippen LogP contribution in [0.1, 0.15) is 204 Å². The molecule has 118 heavy (non-hydrogen) atoms. The Hall–Kier alpha value is -10.9. The van der Waals surface area contributed by atoms with E-state index in [0.29, 0.717) is 38.9 Å². The summed E-state index contributed by atoms with van der Waals surface area (Å²) in [5.74, 6) is 2.12. The summed E-state index contributed by atoms with van der Waals surface area (Å²) in [4.78, 5) is 108. The number of nitrogens with zero attached hydrogens (tertiary/aromatic N) is 9. The summed E-state index contributed by atoms with van der Waals surface area (Å²) < 4.78 is 43.6. The van der Waals surface area contributed by atoms with Crippen molar-refractivity contribution in [2.75, 3.05) is 100 Å². The van der Waals surface area contributed by atoms with E-state index >= 15 is 0 Å². The second kappa shape index (κ2) is 44.0. The highest BCUT2D eigenvalue weighted by Gasteiger charge is 2.34. The van der Waals surface area contributed by atoms with Crippen molar-refractivity contribution in [2.24, 2.45) is 0 Å². The topological polar surface area (TPSA) is 193 Å². The molecule has 15 rings (SSSR count). The van der Waals surface area contributed by atoms with Gasteiger partial charge in [-0.15, -0.1) is 11.8 Å². The molecule has 0 saturated carbocycles. The number of halogens is 2. The van der Waals surface area contributed by atoms with Crippen molar-refractivity contribution >= 4 is 64.7 Å². The number of amides is 8. The second-order valence-electron chi connectivity index (χ2n) is 30.6. The zero-order valence-electron chi connectivity index (χ0n) is 71.9. The zero-order valence-corrected chi connectivity index (χ0v) is 72.7. The van der Waals surface area contributed by atoms with Gasteiger partial charge < -0.3 is 58.3 Å². The molecule has 20 nitrogen and oxygen atoms in total. The lowest BCUT2D eigenvalue weighted by atomic mass is 9.87. The van der Waals surface area contributed by atoms with E-state index in [2.05, 4.69) is 90.8 Å². The van der Waals surface area contributed by atoms with Gasteiger partial charge in [0, 0.05) is 165 Å². The SMILES string of the molecule is CC(=O)N(C)C1CCCc2ccccc21.CC(=O)N(C)C1CCOc2ccccc21.CC(=O)N(C)C1CCc2ccccc21.CC(=O)N(C)C1CN(C)c2ccccc21.CC(=O)N(C)C1COCc2ccccc21.CC(=O)N(C)C1COc2ccccc21.CC(=O)N(C)C1CSc2ccccc21.CCC(c1c(F)cccc1F)N(C)C(C)=O. The van der Waals surface area contributed by atoms with Crippen LogP contribution in [0.25, 0.3) is 0 Å². The van der Waals surface area contributed by atoms with E-state index in [9.17, 15) is 47.1 Å². The number of anilines is 1. The predicted molar refractivity (Wildman–Crippen MR) is 462 cm³/mol. The predicted octanol–water partition coefficient (Wildman–Crippen LogP) is 16.9. The molecule has 5 aliphatic heterocycles. The van der Waals surface area contributed by atoms with Crippen molar-refractivity contribution in [3.8, 4) is 11.5 Å². The Bertz CT molecular complexity index is 4380. The standard InChI is InChI=1S/C13H17NO.C12H15F2NO.C12H16N2O.2C12H15NO2.C12H15NO.C11H13NO2.C11H13NOS/c1-10(15)14(2)13-9-5-7-11-6-3-4-8-12(11)13;1-4-11(15(3)8(2)16)12-9(13)6-5-7-10(12)14;1-9(15)14(3)12-8-13(2)11-7-5-4-6-10(11)12;1-9(14)13(2)12-8-15-7-10-5-3-4-6-11(10)12;1-9(14)13(2)11-7-8-15-12-6-4-3-5-10(11)12;1-9(14)13(2)12-8-7-10-5-3-4-6-11(10)12;2*1-8(13)12(2)10-7-14-11-6-4-3-5-9(10)11/h3-4,6,8,13H,5,7,9H2,1-2H3;5-7,11H,4H2,1-3H3;4-7,12H,8H2,1-3H3;3-6,12H,7-8H2,1-2H3;3-6,11H,7-8H2,1-2H3;3-6,12H,7-8H2,1-2H3;2*3-6,10H,7H2,1-2H3. The van der Waals surface area contributed by atoms with E-state index in [1.54, 1.807) is 84.2 Å². The van der Waals surface area contributed by atoms with Gasteiger partial charge in [0.1, 0.15) is 29.7 Å². The number of hydrogen-bond donors (Lipinski definition) is 0. The van der Waals surface area contributed by atoms with Crippen LogP contribution in [-0.4, -0.2) is 182 Å². The third-order valence-electron chi connectivity index (χ3n) is 23.2. The Kier molecular flexibility index (Phi) is 34.6. The van der Waals surface area contributed by atoms with Crippen LogP contribution in [0.3, 0.4) is 0 Å². The van der Waals surface area contributed by atoms with Gasteiger partial charge in [0.2, 0.25) is 47.3 Å². The Morgan fingerprint density at radius 3 is 1.31 bits per heavy atom. The first-order chi connectivity index (χ1) is 56.3. The van der Waals surface area contributed by atoms with Gasteiger partial charge in [-0.1, -0.05) is 159 Å². The molecule has 630 valence electrons. The van der Waals surface area contributed by atoms with Crippen LogP contribution in [-0.2, 0) is 62.5 Å². The highest BCUT2D eigenvalue weighted by molar-refractivity contribution is 7.99. The maximum absolute atomic E-state index is 13.5. The molecule has 0 N–H and O–H groups in total. The molecule has 8 aromatic carbocycles. The summed E-state index contributed by atoms with van der Waals surface area (Å²) in [6.07, 6.45) is 6.92. The monoisotopic (exact) mass is 1630 g/mol. The minimum atomic E-state index is -0.611. The number of carbonyl (C=O) groups is 8. The molecule has 7 aliphatic rings. The molecule has 0 saturated heterocycles. The molecule has 0 bridgehead atoms. The molecule has 0 aromatic heterocycles. The minimum Gasteiger partial charge on any atom is -0.493 e. The van der Waals surface area contributed by atoms with Crippen LogP contribution in [0.15, 0.2) is 193 Å². The highest BCUT2D eigenvalue weighted by Crippen LogP contribution is 2.43. The number of benzene rings is 8. The molecule has 0 radical (unpaired) electrons. The molecule has 0 spiro atoms. The van der Waals surface area contributed by atoms with Crippen LogP contribution in [0, 0.1) is 11.6 Å². The largest absolute Gasteiger partial charge is 0.493 e. The van der Waals surface area contributed by atoms with Gasteiger partial charge in [-0.3, -0.25) is 38.4 Å². The summed E-state index contributed by atoms with van der Waals surface area (Å²) in [7, 11) is 16.6. The van der Waals surface area contributed by atoms with Gasteiger partial charge in [-0.25, -0.2) is 8.78 Å². The fourth-order valence-corrected chi connectivity index (χ4v) is 16.9. The van der Waals surface area contributed by atoms with Crippen molar-refractivity contribution in [3.63, 3.8) is 0 Å². The van der Waals surface area contributed by atoms with E-state index in [4.69, 9.17) is 14.2 Å². The van der Waals surface area contributed by atoms with Crippen molar-refractivity contribution in [1.29, 1.82) is 0 Å². The van der Waals surface area contributed by atoms with Crippen LogP contribution in [0.4, 0.5) is 14.5 Å². The Labute approximate surface area is 701 Å². The van der Waals surface area contributed by atoms with E-state index in [-0.39, 0.29) is 89.1 Å². The minimum absolute atomic E-state index is 0.0392. The first-order valence-corrected chi connectivity index (χ1v) is 41.4. The Morgan fingerprint density at radius 1 is 0.398 bits per heavy atom. The Morgan fingerprint density at radius 2 is 0.788 bits per heavy atom. The van der Waals surface area contributed by atoms with Crippen LogP contribution < -0.4 is 14.4 Å². The van der Waals surface area contributed by atoms with E-state index in [1.807, 2.05) is 165 Å². The summed E-state index contributed by atoms with van der Waals surface area (Å²) in [5, 5.41) is 0. The quantitative estimate of drug-likeness (QED) is 0.126. The molecule has 8 unspecified atom stereocenters. The molecular weight excluding hydrogens is 1510 g/mol. The average molecular weight is 1630 g/mol. The maximum Gasteiger partial charge on any atom is 0.219 e. The number of thioether (sulfide) groups is 1. The third-order valence-corrected chi connectivity index (χ3v) is 24.4. The van der Waals surface area contributed by atoms with Crippen LogP contribution >= 0.6 is 11.8 Å². The number of carbonyl (C=O) groups excluding carboxylic acids is 8. The van der Waals surface area contributed by atoms with Crippen molar-refractivity contribution < 1.29 is 61.3 Å². The van der Waals surface area contributed by atoms with Gasteiger partial charge in [0.15, 0.2) is 0 Å². The molecule has 5 heterocycles. The van der Waals surface area contributed by atoms with Gasteiger partial charge in [-0.05, 0) is 119 Å². The molecular formula is C95H119F2N9O11S. The summed E-state index contributed by atoms with van der Waals surface area (Å²) in [6, 6.07) is 61.8. The van der Waals surface area contributed by atoms with E-state index in [0.717, 1.165) is 67.0 Å². The van der Waals surface area contributed by atoms with Gasteiger partial charge >= 0.3 is 0 Å². The number of fused-ring (bicyclic) bond motifs is 7. The third kappa shape index (κ3) is 23.7. The fraction of sp³-hybridized carbons (Fsp3) is 0.411. The molecule has 0 fully saturated rings. The number of hydrogen-bond acceptors (Lipinski definition) is 13. The molecule has 8 atom stereocenters. The number of likely N-dealkylation sites (N-methyl/N-ethyl adjacent to an activating group) is 4. The van der Waals surface area contributed by atoms with Crippen LogP contribution in [0.2, 0.25) is 0 Å². The fourth-order valence-electron chi connectivity index (χ4n) is 15.6. The summed E-state index contributed by atoms with van der Waals surface area (Å²) in [6.45, 7) is 17.8. The lowest BCUT2D eigenvalue weighted by molar-refractivity contribution is -0.132. The smallest absolute Gasteiger partial charge is 0.219 e. The lowest BCUT2D eigenvalue weighted by Crippen LogP contribution is -2.34. The molecule has 8 aromatic rings. The maximum atomic E-state index is 13.5. The number of ether oxygens (including phenoxy) is 3. The lowest BCUT2D eigenvalue weighted by Gasteiger charge is -2.32. The highest BCUT2D eigenvalue weighted by atomic mass is 32.2. The molecule has 8 amide bonds. The zero-order chi connectivity index (χ0) is 86.2. The van der Waals surface area contributed by atoms with Crippen molar-refractivity contribution in [3.05, 3.63) is 261 Å². The van der Waals surface area contributed by atoms with E-state index < -0.39 is 17.7 Å². The molecule has 23 heteroatoms. The van der Waals surface area contributed by atoms with Gasteiger partial charge in [0.05, 0.1) is 68.2 Å². The Balaban J connectivity index is 0.000000168. The van der Waals surface area contributed by atoms with E-state index in [1.165, 1.54) is 91.5 Å². The normalized spacial score (nSPS) is 18.2. The number of aryl methyl sites for hydroxylation is 2. The van der Waals surface area contributed by atoms with Gasteiger partial charge in [0.25, 0.3) is 0 Å². The summed E-state index contributed by atoms with van der Waals surface area (Å²) in [5.41, 5.74) is 13.8. The first kappa shape index (κ1) is 92.6.